The largest absolute Gasteiger partial charge is 0.336 e. The Hall–Kier alpha value is -2.37. The molecule has 6 nitrogen and oxygen atoms in total. The number of carbonyl (C=O) groups excluding carboxylic acids is 3. The van der Waals surface area contributed by atoms with Gasteiger partial charge in [0.1, 0.15) is 12.1 Å². The molecule has 1 aromatic carbocycles. The van der Waals surface area contributed by atoms with E-state index in [1.807, 2.05) is 52.0 Å². The van der Waals surface area contributed by atoms with Crippen molar-refractivity contribution in [1.82, 2.24) is 15.1 Å². The van der Waals surface area contributed by atoms with Crippen LogP contribution < -0.4 is 5.32 Å². The van der Waals surface area contributed by atoms with Crippen molar-refractivity contribution in [3.05, 3.63) is 35.4 Å². The van der Waals surface area contributed by atoms with Gasteiger partial charge in [-0.1, -0.05) is 52.0 Å². The van der Waals surface area contributed by atoms with Crippen molar-refractivity contribution in [2.75, 3.05) is 6.54 Å². The highest BCUT2D eigenvalue weighted by molar-refractivity contribution is 6.09. The summed E-state index contributed by atoms with van der Waals surface area (Å²) in [7, 11) is 0. The molecule has 6 heteroatoms. The number of benzene rings is 1. The summed E-state index contributed by atoms with van der Waals surface area (Å²) in [4.78, 5) is 41.6. The monoisotopic (exact) mass is 401 g/mol. The quantitative estimate of drug-likeness (QED) is 0.669. The number of amides is 4. The number of rotatable bonds is 8. The van der Waals surface area contributed by atoms with Gasteiger partial charge in [0.15, 0.2) is 0 Å². The third kappa shape index (κ3) is 4.46. The predicted octanol–water partition coefficient (Wildman–Crippen LogP) is 4.00. The van der Waals surface area contributed by atoms with E-state index in [-0.39, 0.29) is 30.4 Å². The lowest BCUT2D eigenvalue weighted by Gasteiger charge is -2.35. The highest BCUT2D eigenvalue weighted by Crippen LogP contribution is 2.30. The van der Waals surface area contributed by atoms with Crippen molar-refractivity contribution in [2.45, 2.75) is 84.8 Å². The van der Waals surface area contributed by atoms with E-state index in [0.717, 1.165) is 23.3 Å². The molecular formula is C23H35N3O3. The summed E-state index contributed by atoms with van der Waals surface area (Å²) in [5.41, 5.74) is 0.722. The number of hydrogen-bond acceptors (Lipinski definition) is 3. The summed E-state index contributed by atoms with van der Waals surface area (Å²) in [6.45, 7) is 13.7. The smallest absolute Gasteiger partial charge is 0.325 e. The predicted molar refractivity (Wildman–Crippen MR) is 114 cm³/mol. The van der Waals surface area contributed by atoms with Gasteiger partial charge >= 0.3 is 6.03 Å². The van der Waals surface area contributed by atoms with Crippen molar-refractivity contribution < 1.29 is 14.4 Å². The second-order valence-corrected chi connectivity index (χ2v) is 8.54. The van der Waals surface area contributed by atoms with Crippen LogP contribution in [-0.4, -0.2) is 46.3 Å². The zero-order valence-electron chi connectivity index (χ0n) is 18.8. The van der Waals surface area contributed by atoms with Gasteiger partial charge in [-0.15, -0.1) is 0 Å². The normalized spacial score (nSPS) is 21.3. The van der Waals surface area contributed by atoms with Crippen LogP contribution in [0.5, 0.6) is 0 Å². The van der Waals surface area contributed by atoms with E-state index in [2.05, 4.69) is 19.2 Å². The molecule has 1 heterocycles. The van der Waals surface area contributed by atoms with Crippen LogP contribution in [0, 0.1) is 0 Å². The number of imide groups is 1. The van der Waals surface area contributed by atoms with E-state index in [1.54, 1.807) is 11.8 Å². The average Bonchev–Trinajstić information content (AvgIpc) is 2.91. The summed E-state index contributed by atoms with van der Waals surface area (Å²) >= 11 is 0. The topological polar surface area (TPSA) is 69.7 Å². The fourth-order valence-electron chi connectivity index (χ4n) is 3.77. The summed E-state index contributed by atoms with van der Waals surface area (Å²) in [6.07, 6.45) is 1.63. The maximum absolute atomic E-state index is 13.2. The van der Waals surface area contributed by atoms with E-state index in [1.165, 1.54) is 5.56 Å². The minimum Gasteiger partial charge on any atom is -0.336 e. The summed E-state index contributed by atoms with van der Waals surface area (Å²) < 4.78 is 0. The van der Waals surface area contributed by atoms with Gasteiger partial charge in [0.25, 0.3) is 5.91 Å². The van der Waals surface area contributed by atoms with E-state index in [9.17, 15) is 14.4 Å². The molecule has 1 saturated heterocycles. The summed E-state index contributed by atoms with van der Waals surface area (Å²) in [5.74, 6) is -0.204. The molecule has 0 aliphatic carbocycles. The molecular weight excluding hydrogens is 366 g/mol. The summed E-state index contributed by atoms with van der Waals surface area (Å²) in [6, 6.07) is 7.29. The minimum absolute atomic E-state index is 0.0492. The number of nitrogens with one attached hydrogen (secondary N) is 1. The average molecular weight is 402 g/mol. The van der Waals surface area contributed by atoms with Crippen LogP contribution in [0.25, 0.3) is 0 Å². The molecule has 4 amide bonds. The Balaban J connectivity index is 2.24. The Morgan fingerprint density at radius 2 is 1.55 bits per heavy atom. The first-order valence-corrected chi connectivity index (χ1v) is 10.6. The molecule has 0 saturated carbocycles. The SMILES string of the molecule is CC[C@@H](C)N(C(=O)CN1C(=O)N[C@](C)(c2ccc(C(C)C)cc2)C1=O)[C@H](C)CC. The van der Waals surface area contributed by atoms with Gasteiger partial charge in [-0.2, -0.15) is 0 Å². The lowest BCUT2D eigenvalue weighted by atomic mass is 9.90. The van der Waals surface area contributed by atoms with Crippen LogP contribution in [0.2, 0.25) is 0 Å². The molecule has 1 aliphatic rings. The maximum Gasteiger partial charge on any atom is 0.325 e. The fourth-order valence-corrected chi connectivity index (χ4v) is 3.77. The van der Waals surface area contributed by atoms with E-state index in [0.29, 0.717) is 5.92 Å². The van der Waals surface area contributed by atoms with E-state index >= 15 is 0 Å². The van der Waals surface area contributed by atoms with Crippen LogP contribution in [0.15, 0.2) is 24.3 Å². The van der Waals surface area contributed by atoms with Crippen LogP contribution in [0.4, 0.5) is 4.79 Å². The molecule has 1 aromatic rings. The van der Waals surface area contributed by atoms with E-state index in [4.69, 9.17) is 0 Å². The Kier molecular flexibility index (Phi) is 7.09. The summed E-state index contributed by atoms with van der Waals surface area (Å²) in [5, 5.41) is 2.79. The molecule has 0 unspecified atom stereocenters. The molecule has 2 rings (SSSR count). The first-order chi connectivity index (χ1) is 13.6. The van der Waals surface area contributed by atoms with Gasteiger partial charge in [0.05, 0.1) is 0 Å². The highest BCUT2D eigenvalue weighted by Gasteiger charge is 2.49. The van der Waals surface area contributed by atoms with Gasteiger partial charge in [-0.3, -0.25) is 14.5 Å². The standard InChI is InChI=1S/C23H35N3O3/c1-8-16(5)26(17(6)9-2)20(27)14-25-21(28)23(7,24-22(25)29)19-12-10-18(11-13-19)15(3)4/h10-13,15-17H,8-9,14H2,1-7H3,(H,24,29)/t16-,17-,23-/m1/s1. The van der Waals surface area contributed by atoms with Gasteiger partial charge in [-0.25, -0.2) is 4.79 Å². The Bertz CT molecular complexity index is 749. The molecule has 0 aromatic heterocycles. The maximum atomic E-state index is 13.2. The molecule has 0 bridgehead atoms. The van der Waals surface area contributed by atoms with Crippen molar-refractivity contribution in [2.24, 2.45) is 0 Å². The number of urea groups is 1. The highest BCUT2D eigenvalue weighted by atomic mass is 16.2. The van der Waals surface area contributed by atoms with Crippen LogP contribution in [0.3, 0.4) is 0 Å². The van der Waals surface area contributed by atoms with Crippen molar-refractivity contribution in [1.29, 1.82) is 0 Å². The number of nitrogens with zero attached hydrogens (tertiary/aromatic N) is 2. The lowest BCUT2D eigenvalue weighted by molar-refractivity contribution is -0.141. The molecule has 160 valence electrons. The van der Waals surface area contributed by atoms with Gasteiger partial charge in [0.2, 0.25) is 5.91 Å². The van der Waals surface area contributed by atoms with Crippen molar-refractivity contribution in [3.8, 4) is 0 Å². The second-order valence-electron chi connectivity index (χ2n) is 8.54. The molecule has 1 fully saturated rings. The first-order valence-electron chi connectivity index (χ1n) is 10.6. The molecule has 3 atom stereocenters. The fraction of sp³-hybridized carbons (Fsp3) is 0.609. The van der Waals surface area contributed by atoms with E-state index < -0.39 is 11.6 Å². The molecule has 0 spiro atoms. The molecule has 29 heavy (non-hydrogen) atoms. The first kappa shape index (κ1) is 22.9. The molecule has 0 radical (unpaired) electrons. The van der Waals surface area contributed by atoms with Crippen LogP contribution in [0.1, 0.15) is 78.4 Å². The second kappa shape index (κ2) is 8.97. The zero-order chi connectivity index (χ0) is 21.9. The minimum atomic E-state index is -1.16. The molecule has 1 aliphatic heterocycles. The lowest BCUT2D eigenvalue weighted by Crippen LogP contribution is -2.50. The van der Waals surface area contributed by atoms with Crippen LogP contribution >= 0.6 is 0 Å². The van der Waals surface area contributed by atoms with Crippen LogP contribution in [-0.2, 0) is 15.1 Å². The Morgan fingerprint density at radius 1 is 1.03 bits per heavy atom. The number of hydrogen-bond donors (Lipinski definition) is 1. The Labute approximate surface area is 174 Å². The van der Waals surface area contributed by atoms with Gasteiger partial charge in [-0.05, 0) is 50.7 Å². The third-order valence-corrected chi connectivity index (χ3v) is 6.14. The zero-order valence-corrected chi connectivity index (χ0v) is 18.8. The van der Waals surface area contributed by atoms with Gasteiger partial charge < -0.3 is 10.2 Å². The Morgan fingerprint density at radius 3 is 2.00 bits per heavy atom. The van der Waals surface area contributed by atoms with Crippen molar-refractivity contribution in [3.63, 3.8) is 0 Å². The third-order valence-electron chi connectivity index (χ3n) is 6.14. The number of carbonyl (C=O) groups is 3. The molecule has 1 N–H and O–H groups in total. The van der Waals surface area contributed by atoms with Gasteiger partial charge in [0, 0.05) is 12.1 Å². The van der Waals surface area contributed by atoms with Crippen molar-refractivity contribution >= 4 is 17.8 Å².